The van der Waals surface area contributed by atoms with Crippen molar-refractivity contribution in [2.24, 2.45) is 0 Å². The van der Waals surface area contributed by atoms with Crippen molar-refractivity contribution in [3.63, 3.8) is 0 Å². The molecule has 2 heterocycles. The summed E-state index contributed by atoms with van der Waals surface area (Å²) in [6.07, 6.45) is 2.09. The van der Waals surface area contributed by atoms with Gasteiger partial charge in [-0.3, -0.25) is 9.52 Å². The molecular weight excluding hydrogens is 358 g/mol. The molecule has 1 amide bonds. The van der Waals surface area contributed by atoms with Gasteiger partial charge in [-0.1, -0.05) is 42.9 Å². The monoisotopic (exact) mass is 379 g/mol. The molecule has 0 unspecified atom stereocenters. The Labute approximate surface area is 151 Å². The van der Waals surface area contributed by atoms with E-state index in [4.69, 9.17) is 0 Å². The van der Waals surface area contributed by atoms with Gasteiger partial charge in [-0.15, -0.1) is 0 Å². The third-order valence-electron chi connectivity index (χ3n) is 4.05. The second-order valence-corrected chi connectivity index (χ2v) is 8.93. The summed E-state index contributed by atoms with van der Waals surface area (Å²) in [5, 5.41) is 0.398. The highest BCUT2D eigenvalue weighted by atomic mass is 32.2. The topological polar surface area (TPSA) is 79.4 Å². The summed E-state index contributed by atoms with van der Waals surface area (Å²) in [5.74, 6) is 0.0940. The largest absolute Gasteiger partial charge is 0.333 e. The third kappa shape index (κ3) is 4.38. The molecule has 0 atom stereocenters. The maximum atomic E-state index is 12.6. The summed E-state index contributed by atoms with van der Waals surface area (Å²) in [6.45, 7) is 3.01. The van der Waals surface area contributed by atoms with Crippen molar-refractivity contribution in [1.82, 2.24) is 9.88 Å². The number of unbranched alkanes of at least 4 members (excludes halogenated alkanes) is 1. The molecule has 1 aromatic heterocycles. The summed E-state index contributed by atoms with van der Waals surface area (Å²) < 4.78 is 26.6. The Hall–Kier alpha value is -1.93. The molecule has 0 aliphatic carbocycles. The molecule has 0 spiro atoms. The molecule has 3 rings (SSSR count). The number of hydrogen-bond donors (Lipinski definition) is 1. The van der Waals surface area contributed by atoms with Crippen molar-refractivity contribution in [3.8, 4) is 0 Å². The van der Waals surface area contributed by atoms with Crippen LogP contribution in [-0.2, 0) is 23.0 Å². The van der Waals surface area contributed by atoms with Gasteiger partial charge in [-0.2, -0.15) is 0 Å². The maximum Gasteiger partial charge on any atom is 0.254 e. The normalized spacial score (nSPS) is 14.2. The minimum atomic E-state index is -3.35. The molecule has 1 aromatic carbocycles. The standard InChI is InChI=1S/C17H21N3O3S2/c1-2-3-11-25(22,23)19-17-18-14-9-10-20(12-15(14)24-17)16(21)13-7-5-4-6-8-13/h4-8H,2-3,9-12H2,1H3,(H,18,19). The first kappa shape index (κ1) is 17.9. The number of anilines is 1. The molecule has 2 aromatic rings. The van der Waals surface area contributed by atoms with Crippen molar-refractivity contribution in [2.45, 2.75) is 32.7 Å². The van der Waals surface area contributed by atoms with Crippen LogP contribution in [0.1, 0.15) is 40.7 Å². The average molecular weight is 380 g/mol. The molecule has 0 saturated heterocycles. The Bertz CT molecular complexity index is 847. The number of hydrogen-bond acceptors (Lipinski definition) is 5. The smallest absolute Gasteiger partial charge is 0.254 e. The van der Waals surface area contributed by atoms with Crippen LogP contribution in [0.4, 0.5) is 5.13 Å². The minimum absolute atomic E-state index is 0.00951. The zero-order valence-electron chi connectivity index (χ0n) is 14.1. The first-order chi connectivity index (χ1) is 12.0. The van der Waals surface area contributed by atoms with Crippen molar-refractivity contribution >= 4 is 32.4 Å². The number of benzene rings is 1. The Balaban J connectivity index is 1.70. The van der Waals surface area contributed by atoms with E-state index in [9.17, 15) is 13.2 Å². The van der Waals surface area contributed by atoms with Gasteiger partial charge < -0.3 is 4.90 Å². The summed E-state index contributed by atoms with van der Waals surface area (Å²) in [7, 11) is -3.35. The number of aromatic nitrogens is 1. The lowest BCUT2D eigenvalue weighted by Gasteiger charge is -2.26. The van der Waals surface area contributed by atoms with E-state index in [1.54, 1.807) is 17.0 Å². The van der Waals surface area contributed by atoms with Gasteiger partial charge in [-0.25, -0.2) is 13.4 Å². The molecule has 1 aliphatic heterocycles. The van der Waals surface area contributed by atoms with E-state index < -0.39 is 10.0 Å². The fourth-order valence-corrected chi connectivity index (χ4v) is 5.20. The van der Waals surface area contributed by atoms with E-state index in [0.717, 1.165) is 17.0 Å². The van der Waals surface area contributed by atoms with E-state index >= 15 is 0 Å². The van der Waals surface area contributed by atoms with Gasteiger partial charge in [0.05, 0.1) is 18.0 Å². The number of nitrogens with one attached hydrogen (secondary N) is 1. The number of carbonyl (C=O) groups excluding carboxylic acids is 1. The number of carbonyl (C=O) groups is 1. The van der Waals surface area contributed by atoms with Gasteiger partial charge in [0.15, 0.2) is 5.13 Å². The molecule has 25 heavy (non-hydrogen) atoms. The number of thiazole rings is 1. The second kappa shape index (κ2) is 7.53. The number of amides is 1. The van der Waals surface area contributed by atoms with Gasteiger partial charge in [0.25, 0.3) is 5.91 Å². The van der Waals surface area contributed by atoms with Crippen molar-refractivity contribution in [3.05, 3.63) is 46.5 Å². The Kier molecular flexibility index (Phi) is 5.39. The summed E-state index contributed by atoms with van der Waals surface area (Å²) in [4.78, 5) is 19.7. The van der Waals surface area contributed by atoms with Gasteiger partial charge >= 0.3 is 0 Å². The second-order valence-electron chi connectivity index (χ2n) is 6.01. The van der Waals surface area contributed by atoms with Crippen molar-refractivity contribution in [2.75, 3.05) is 17.0 Å². The highest BCUT2D eigenvalue weighted by molar-refractivity contribution is 7.92. The Morgan fingerprint density at radius 2 is 2.08 bits per heavy atom. The lowest BCUT2D eigenvalue weighted by Crippen LogP contribution is -2.35. The van der Waals surface area contributed by atoms with Crippen LogP contribution in [0.3, 0.4) is 0 Å². The molecule has 0 bridgehead atoms. The van der Waals surface area contributed by atoms with Gasteiger partial charge in [0.1, 0.15) is 0 Å². The van der Waals surface area contributed by atoms with E-state index in [1.165, 1.54) is 11.3 Å². The molecule has 0 radical (unpaired) electrons. The van der Waals surface area contributed by atoms with E-state index in [0.29, 0.717) is 36.6 Å². The number of nitrogens with zero attached hydrogens (tertiary/aromatic N) is 2. The van der Waals surface area contributed by atoms with Crippen LogP contribution in [0.2, 0.25) is 0 Å². The average Bonchev–Trinajstić information content (AvgIpc) is 3.00. The maximum absolute atomic E-state index is 12.6. The van der Waals surface area contributed by atoms with Gasteiger partial charge in [0.2, 0.25) is 10.0 Å². The van der Waals surface area contributed by atoms with E-state index in [1.807, 2.05) is 25.1 Å². The van der Waals surface area contributed by atoms with Crippen molar-refractivity contribution in [1.29, 1.82) is 0 Å². The molecule has 6 nitrogen and oxygen atoms in total. The summed E-state index contributed by atoms with van der Waals surface area (Å²) in [5.41, 5.74) is 1.55. The number of rotatable bonds is 6. The van der Waals surface area contributed by atoms with Crippen LogP contribution >= 0.6 is 11.3 Å². The van der Waals surface area contributed by atoms with Crippen LogP contribution in [-0.4, -0.2) is 36.5 Å². The van der Waals surface area contributed by atoms with E-state index in [-0.39, 0.29) is 11.7 Å². The Morgan fingerprint density at radius 1 is 1.32 bits per heavy atom. The number of fused-ring (bicyclic) bond motifs is 1. The van der Waals surface area contributed by atoms with E-state index in [2.05, 4.69) is 9.71 Å². The predicted molar refractivity (Wildman–Crippen MR) is 99.3 cm³/mol. The highest BCUT2D eigenvalue weighted by Crippen LogP contribution is 2.29. The summed E-state index contributed by atoms with van der Waals surface area (Å²) in [6, 6.07) is 9.18. The molecule has 0 saturated carbocycles. The predicted octanol–water partition coefficient (Wildman–Crippen LogP) is 2.88. The quantitative estimate of drug-likeness (QED) is 0.837. The first-order valence-electron chi connectivity index (χ1n) is 8.32. The highest BCUT2D eigenvalue weighted by Gasteiger charge is 2.25. The molecule has 0 fully saturated rings. The third-order valence-corrected chi connectivity index (χ3v) is 6.51. The van der Waals surface area contributed by atoms with Crippen LogP contribution in [0.15, 0.2) is 30.3 Å². The lowest BCUT2D eigenvalue weighted by atomic mass is 10.1. The molecule has 1 aliphatic rings. The van der Waals surface area contributed by atoms with Crippen LogP contribution in [0.25, 0.3) is 0 Å². The zero-order chi connectivity index (χ0) is 17.9. The zero-order valence-corrected chi connectivity index (χ0v) is 15.7. The SMILES string of the molecule is CCCCS(=O)(=O)Nc1nc2c(s1)CN(C(=O)c1ccccc1)CC2. The fourth-order valence-electron chi connectivity index (χ4n) is 2.69. The first-order valence-corrected chi connectivity index (χ1v) is 10.8. The van der Waals surface area contributed by atoms with Gasteiger partial charge in [0, 0.05) is 23.4 Å². The molecular formula is C17H21N3O3S2. The van der Waals surface area contributed by atoms with Gasteiger partial charge in [-0.05, 0) is 18.6 Å². The molecule has 8 heteroatoms. The number of sulfonamides is 1. The van der Waals surface area contributed by atoms with Crippen LogP contribution in [0, 0.1) is 0 Å². The molecule has 134 valence electrons. The minimum Gasteiger partial charge on any atom is -0.333 e. The fraction of sp³-hybridized carbons (Fsp3) is 0.412. The van der Waals surface area contributed by atoms with Crippen molar-refractivity contribution < 1.29 is 13.2 Å². The van der Waals surface area contributed by atoms with Crippen LogP contribution < -0.4 is 4.72 Å². The summed E-state index contributed by atoms with van der Waals surface area (Å²) >= 11 is 1.32. The Morgan fingerprint density at radius 3 is 2.80 bits per heavy atom. The molecule has 1 N–H and O–H groups in total. The van der Waals surface area contributed by atoms with Crippen LogP contribution in [0.5, 0.6) is 0 Å². The lowest BCUT2D eigenvalue weighted by molar-refractivity contribution is 0.0736.